The highest BCUT2D eigenvalue weighted by Gasteiger charge is 2.63. The Bertz CT molecular complexity index is 2010. The topological polar surface area (TPSA) is 192 Å². The Morgan fingerprint density at radius 2 is 1.79 bits per heavy atom. The van der Waals surface area contributed by atoms with Crippen molar-refractivity contribution in [3.63, 3.8) is 0 Å². The van der Waals surface area contributed by atoms with Gasteiger partial charge in [-0.05, 0) is 96.3 Å². The molecule has 56 heavy (non-hydrogen) atoms. The summed E-state index contributed by atoms with van der Waals surface area (Å²) >= 11 is 0. The van der Waals surface area contributed by atoms with E-state index in [1.807, 2.05) is 19.1 Å². The van der Waals surface area contributed by atoms with Crippen LogP contribution < -0.4 is 29.6 Å². The number of hydrogen-bond donors (Lipinski definition) is 3. The van der Waals surface area contributed by atoms with Crippen LogP contribution >= 0.6 is 0 Å². The van der Waals surface area contributed by atoms with Gasteiger partial charge in [-0.2, -0.15) is 0 Å². The number of hydrogen-bond acceptors (Lipinski definition) is 11. The average molecular weight is 798 g/mol. The Balaban J connectivity index is 1.36. The molecule has 4 aliphatic rings. The van der Waals surface area contributed by atoms with Crippen molar-refractivity contribution < 1.29 is 46.5 Å². The highest BCUT2D eigenvalue weighted by molar-refractivity contribution is 7.91. The number of rotatable bonds is 8. The van der Waals surface area contributed by atoms with Crippen LogP contribution in [0.2, 0.25) is 0 Å². The molecule has 1 saturated heterocycles. The summed E-state index contributed by atoms with van der Waals surface area (Å²) in [4.78, 5) is 62.4. The molecule has 2 aliphatic heterocycles. The molecular weight excluding hydrogens is 743 g/mol. The van der Waals surface area contributed by atoms with Gasteiger partial charge in [0.15, 0.2) is 0 Å². The van der Waals surface area contributed by atoms with Crippen molar-refractivity contribution in [3.05, 3.63) is 36.5 Å². The summed E-state index contributed by atoms with van der Waals surface area (Å²) in [5, 5.41) is 7.00. The first-order valence-electron chi connectivity index (χ1n) is 19.3. The summed E-state index contributed by atoms with van der Waals surface area (Å²) in [7, 11) is -0.923. The third-order valence-corrected chi connectivity index (χ3v) is 13.6. The molecule has 3 heterocycles. The Hall–Kier alpha value is -4.60. The zero-order chi connectivity index (χ0) is 40.8. The van der Waals surface area contributed by atoms with Crippen molar-refractivity contribution in [1.29, 1.82) is 0 Å². The number of ether oxygens (including phenoxy) is 4. The smallest absolute Gasteiger partial charge is 0.408 e. The third-order valence-electron chi connectivity index (χ3n) is 11.4. The molecule has 1 aromatic heterocycles. The molecule has 4 amide bonds. The molecule has 0 unspecified atom stereocenters. The number of allylic oxidation sites excluding steroid dienone is 1. The first-order valence-corrected chi connectivity index (χ1v) is 20.8. The predicted molar refractivity (Wildman–Crippen MR) is 208 cm³/mol. The number of pyridine rings is 1. The number of carbonyl (C=O) groups excluding carboxylic acids is 4. The number of alkyl carbamates (subject to hydrolysis) is 1. The fourth-order valence-corrected chi connectivity index (χ4v) is 9.05. The van der Waals surface area contributed by atoms with Crippen molar-refractivity contribution in [2.24, 2.45) is 17.8 Å². The molecule has 2 aliphatic carbocycles. The molecule has 2 saturated carbocycles. The van der Waals surface area contributed by atoms with Crippen molar-refractivity contribution in [2.45, 2.75) is 121 Å². The molecule has 15 nitrogen and oxygen atoms in total. The van der Waals surface area contributed by atoms with Crippen LogP contribution in [-0.4, -0.2) is 97.0 Å². The molecule has 7 atom stereocenters. The molecule has 1 aromatic carbocycles. The van der Waals surface area contributed by atoms with Crippen molar-refractivity contribution in [2.75, 3.05) is 20.8 Å². The number of aromatic nitrogens is 1. The number of carbonyl (C=O) groups is 4. The molecule has 306 valence electrons. The predicted octanol–water partition coefficient (Wildman–Crippen LogP) is 4.38. The number of nitrogens with zero attached hydrogens (tertiary/aromatic N) is 2. The van der Waals surface area contributed by atoms with Gasteiger partial charge in [-0.15, -0.1) is 0 Å². The van der Waals surface area contributed by atoms with E-state index in [4.69, 9.17) is 18.9 Å². The number of sulfonamides is 1. The number of benzene rings is 1. The van der Waals surface area contributed by atoms with Crippen LogP contribution in [0.3, 0.4) is 0 Å². The summed E-state index contributed by atoms with van der Waals surface area (Å²) in [6, 6.07) is 3.12. The fraction of sp³-hybridized carbons (Fsp3) is 0.625. The zero-order valence-electron chi connectivity index (χ0n) is 33.5. The van der Waals surface area contributed by atoms with Crippen LogP contribution in [0.5, 0.6) is 17.4 Å². The molecule has 3 fully saturated rings. The van der Waals surface area contributed by atoms with Gasteiger partial charge in [0, 0.05) is 23.1 Å². The number of amides is 4. The van der Waals surface area contributed by atoms with Gasteiger partial charge in [-0.1, -0.05) is 26.0 Å². The monoisotopic (exact) mass is 797 g/mol. The van der Waals surface area contributed by atoms with Crippen molar-refractivity contribution >= 4 is 44.6 Å². The van der Waals surface area contributed by atoms with Gasteiger partial charge in [-0.25, -0.2) is 18.2 Å². The second-order valence-electron chi connectivity index (χ2n) is 17.1. The maximum absolute atomic E-state index is 14.8. The maximum atomic E-state index is 14.8. The van der Waals surface area contributed by atoms with E-state index in [1.165, 1.54) is 18.2 Å². The summed E-state index contributed by atoms with van der Waals surface area (Å²) in [5.41, 5.74) is -2.37. The van der Waals surface area contributed by atoms with E-state index in [2.05, 4.69) is 27.3 Å². The molecule has 3 N–H and O–H groups in total. The summed E-state index contributed by atoms with van der Waals surface area (Å²) in [5.74, 6) is -1.30. The lowest BCUT2D eigenvalue weighted by atomic mass is 9.88. The third kappa shape index (κ3) is 8.54. The normalized spacial score (nSPS) is 29.7. The average Bonchev–Trinajstić information content (AvgIpc) is 4.01. The largest absolute Gasteiger partial charge is 0.497 e. The van der Waals surface area contributed by atoms with Crippen LogP contribution in [0.25, 0.3) is 10.8 Å². The SMILES string of the molecule is COc1ccc2c(O[C@@H]3C[C@H]4C(=O)N[C@]5(C(=O)NS(=O)(=O)C6(C)CC6)C[C@H]5/C=C\CC[C@@H](C)C[C@@H](C)[C@H](NC(=O)OC(C)(C)C)C(=O)N4C3)ncc(OC)c2c1. The van der Waals surface area contributed by atoms with E-state index in [0.717, 1.165) is 6.42 Å². The summed E-state index contributed by atoms with van der Waals surface area (Å²) in [6.07, 6.45) is 6.91. The van der Waals surface area contributed by atoms with E-state index < -0.39 is 73.8 Å². The molecular formula is C40H55N5O10S. The van der Waals surface area contributed by atoms with Crippen LogP contribution in [0.15, 0.2) is 36.5 Å². The second kappa shape index (κ2) is 15.4. The van der Waals surface area contributed by atoms with E-state index in [-0.39, 0.29) is 37.1 Å². The quantitative estimate of drug-likeness (QED) is 0.322. The Labute approximate surface area is 328 Å². The molecule has 0 bridgehead atoms. The molecule has 16 heteroatoms. The van der Waals surface area contributed by atoms with Gasteiger partial charge < -0.3 is 34.5 Å². The van der Waals surface area contributed by atoms with Crippen LogP contribution in [0, 0.1) is 17.8 Å². The van der Waals surface area contributed by atoms with Crippen LogP contribution in [-0.2, 0) is 29.1 Å². The minimum absolute atomic E-state index is 0.0153. The van der Waals surface area contributed by atoms with Gasteiger partial charge in [0.1, 0.15) is 40.8 Å². The Kier molecular flexibility index (Phi) is 11.3. The van der Waals surface area contributed by atoms with Gasteiger partial charge in [0.2, 0.25) is 27.7 Å². The highest BCUT2D eigenvalue weighted by Crippen LogP contribution is 2.48. The molecule has 0 radical (unpaired) electrons. The molecule has 2 aromatic rings. The van der Waals surface area contributed by atoms with Gasteiger partial charge >= 0.3 is 6.09 Å². The van der Waals surface area contributed by atoms with Crippen molar-refractivity contribution in [3.8, 4) is 17.4 Å². The van der Waals surface area contributed by atoms with Crippen LogP contribution in [0.4, 0.5) is 4.79 Å². The summed E-state index contributed by atoms with van der Waals surface area (Å²) in [6.45, 7) is 10.7. The lowest BCUT2D eigenvalue weighted by Gasteiger charge is -2.33. The Morgan fingerprint density at radius 1 is 1.05 bits per heavy atom. The zero-order valence-corrected chi connectivity index (χ0v) is 34.3. The molecule has 0 spiro atoms. The van der Waals surface area contributed by atoms with E-state index >= 15 is 0 Å². The van der Waals surface area contributed by atoms with Crippen molar-refractivity contribution in [1.82, 2.24) is 25.2 Å². The fourth-order valence-electron chi connectivity index (χ4n) is 7.74. The Morgan fingerprint density at radius 3 is 2.45 bits per heavy atom. The van der Waals surface area contributed by atoms with E-state index in [9.17, 15) is 27.6 Å². The second-order valence-corrected chi connectivity index (χ2v) is 19.3. The lowest BCUT2D eigenvalue weighted by Crippen LogP contribution is -2.59. The molecule has 6 rings (SSSR count). The minimum Gasteiger partial charge on any atom is -0.497 e. The minimum atomic E-state index is -4.01. The number of methoxy groups -OCH3 is 2. The number of nitrogens with one attached hydrogen (secondary N) is 3. The van der Waals surface area contributed by atoms with Gasteiger partial charge in [-0.3, -0.25) is 19.1 Å². The highest BCUT2D eigenvalue weighted by atomic mass is 32.2. The first kappa shape index (κ1) is 41.0. The summed E-state index contributed by atoms with van der Waals surface area (Å²) < 4.78 is 50.6. The maximum Gasteiger partial charge on any atom is 0.408 e. The van der Waals surface area contributed by atoms with Gasteiger partial charge in [0.05, 0.1) is 31.7 Å². The van der Waals surface area contributed by atoms with Gasteiger partial charge in [0.25, 0.3) is 5.91 Å². The van der Waals surface area contributed by atoms with E-state index in [0.29, 0.717) is 48.0 Å². The van der Waals surface area contributed by atoms with E-state index in [1.54, 1.807) is 53.0 Å². The lowest BCUT2D eigenvalue weighted by molar-refractivity contribution is -0.142. The first-order chi connectivity index (χ1) is 26.3. The van der Waals surface area contributed by atoms with Crippen LogP contribution in [0.1, 0.15) is 86.5 Å². The number of fused-ring (bicyclic) bond motifs is 3. The standard InChI is InChI=1S/C40H55N5O10S/c1-23-11-9-10-12-25-20-40(25,36(48)44-56(50,51)39(6)15-16-39)43-33(46)30-19-27(54-34-28-14-13-26(52-7)18-29(28)31(53-8)21-41-34)22-45(30)35(47)32(24(2)17-23)42-37(49)55-38(3,4)5/h10,12-14,18,21,23-25,27,30,32H,9,11,15-17,19-20,22H2,1-8H3,(H,42,49)(H,43,46)(H,44,48)/b12-10-/t23-,24-,25-,27-,30+,32+,40-/m1/s1.